The molecule has 18 heavy (non-hydrogen) atoms. The van der Waals surface area contributed by atoms with Gasteiger partial charge >= 0.3 is 0 Å². The van der Waals surface area contributed by atoms with Crippen molar-refractivity contribution in [2.75, 3.05) is 0 Å². The Morgan fingerprint density at radius 3 is 2.72 bits per heavy atom. The molecule has 5 heteroatoms. The Morgan fingerprint density at radius 1 is 1.44 bits per heavy atom. The number of hydrogen-bond donors (Lipinski definition) is 1. The van der Waals surface area contributed by atoms with Crippen LogP contribution in [0.3, 0.4) is 0 Å². The number of nitrogens with zero attached hydrogens (tertiary/aromatic N) is 1. The molecule has 1 aromatic heterocycles. The molecular formula is C13H16ClFN2S. The smallest absolute Gasteiger partial charge is 0.178 e. The largest absolute Gasteiger partial charge is 0.331 e. The van der Waals surface area contributed by atoms with Gasteiger partial charge in [-0.05, 0) is 31.1 Å². The molecule has 2 unspecified atom stereocenters. The van der Waals surface area contributed by atoms with Crippen molar-refractivity contribution < 1.29 is 4.39 Å². The molecule has 0 bridgehead atoms. The van der Waals surface area contributed by atoms with E-state index in [1.807, 2.05) is 4.57 Å². The van der Waals surface area contributed by atoms with E-state index in [-0.39, 0.29) is 11.1 Å². The number of aromatic amines is 1. The number of fused-ring (bicyclic) bond motifs is 1. The molecule has 2 atom stereocenters. The van der Waals surface area contributed by atoms with E-state index in [0.29, 0.717) is 10.7 Å². The lowest BCUT2D eigenvalue weighted by Gasteiger charge is -2.20. The second-order valence-corrected chi connectivity index (χ2v) is 5.50. The molecule has 1 heterocycles. The summed E-state index contributed by atoms with van der Waals surface area (Å²) in [7, 11) is 0. The van der Waals surface area contributed by atoms with Crippen LogP contribution in [-0.4, -0.2) is 9.55 Å². The number of rotatable bonds is 3. The van der Waals surface area contributed by atoms with Crippen LogP contribution in [0.1, 0.15) is 33.2 Å². The summed E-state index contributed by atoms with van der Waals surface area (Å²) in [5.74, 6) is 0.0534. The van der Waals surface area contributed by atoms with Crippen LogP contribution in [0.4, 0.5) is 4.39 Å². The molecule has 0 aliphatic carbocycles. The minimum atomic E-state index is -0.414. The van der Waals surface area contributed by atoms with E-state index >= 15 is 0 Å². The Bertz CT molecular complexity index is 632. The zero-order valence-electron chi connectivity index (χ0n) is 10.6. The minimum absolute atomic E-state index is 0.113. The van der Waals surface area contributed by atoms with Crippen molar-refractivity contribution in [1.82, 2.24) is 9.55 Å². The molecule has 98 valence electrons. The number of benzene rings is 1. The first-order chi connectivity index (χ1) is 8.45. The molecule has 0 aliphatic rings. The highest BCUT2D eigenvalue weighted by Gasteiger charge is 2.17. The molecule has 0 saturated carbocycles. The van der Waals surface area contributed by atoms with Gasteiger partial charge in [0.2, 0.25) is 0 Å². The predicted molar refractivity (Wildman–Crippen MR) is 76.3 cm³/mol. The third kappa shape index (κ3) is 2.19. The van der Waals surface area contributed by atoms with Gasteiger partial charge in [-0.2, -0.15) is 0 Å². The monoisotopic (exact) mass is 286 g/mol. The van der Waals surface area contributed by atoms with Gasteiger partial charge in [0.15, 0.2) is 4.77 Å². The number of halogens is 2. The zero-order chi connectivity index (χ0) is 13.4. The SMILES string of the molecule is CCC(C)C(C)n1c(=S)[nH]c2cc(Cl)c(F)cc21. The average Bonchev–Trinajstić information content (AvgIpc) is 2.63. The van der Waals surface area contributed by atoms with Crippen molar-refractivity contribution in [2.24, 2.45) is 5.92 Å². The number of H-pyrrole nitrogens is 1. The van der Waals surface area contributed by atoms with Crippen LogP contribution in [0.15, 0.2) is 12.1 Å². The summed E-state index contributed by atoms with van der Waals surface area (Å²) >= 11 is 11.1. The van der Waals surface area contributed by atoms with Crippen molar-refractivity contribution in [3.05, 3.63) is 27.7 Å². The Kier molecular flexibility index (Phi) is 3.78. The third-order valence-electron chi connectivity index (χ3n) is 3.63. The van der Waals surface area contributed by atoms with E-state index in [1.165, 1.54) is 6.07 Å². The van der Waals surface area contributed by atoms with E-state index in [9.17, 15) is 4.39 Å². The van der Waals surface area contributed by atoms with Crippen LogP contribution in [-0.2, 0) is 0 Å². The van der Waals surface area contributed by atoms with Crippen LogP contribution in [0.2, 0.25) is 5.02 Å². The first-order valence-electron chi connectivity index (χ1n) is 6.05. The zero-order valence-corrected chi connectivity index (χ0v) is 12.2. The lowest BCUT2D eigenvalue weighted by Crippen LogP contribution is -2.13. The van der Waals surface area contributed by atoms with E-state index in [1.54, 1.807) is 6.07 Å². The molecule has 2 nitrogen and oxygen atoms in total. The van der Waals surface area contributed by atoms with Crippen LogP contribution in [0.25, 0.3) is 11.0 Å². The van der Waals surface area contributed by atoms with Crippen LogP contribution in [0.5, 0.6) is 0 Å². The second-order valence-electron chi connectivity index (χ2n) is 4.71. The standard InChI is InChI=1S/C13H16ClFN2S/c1-4-7(2)8(3)17-12-6-10(15)9(14)5-11(12)16-13(17)18/h5-8H,4H2,1-3H3,(H,16,18). The van der Waals surface area contributed by atoms with Gasteiger partial charge in [-0.3, -0.25) is 0 Å². The number of nitrogens with one attached hydrogen (secondary N) is 1. The van der Waals surface area contributed by atoms with Gasteiger partial charge in [0.05, 0.1) is 16.1 Å². The molecule has 0 saturated heterocycles. The summed E-state index contributed by atoms with van der Waals surface area (Å²) < 4.78 is 16.2. The molecule has 1 aromatic carbocycles. The fraction of sp³-hybridized carbons (Fsp3) is 0.462. The molecule has 0 aliphatic heterocycles. The highest BCUT2D eigenvalue weighted by Crippen LogP contribution is 2.28. The van der Waals surface area contributed by atoms with Gasteiger partial charge in [0.25, 0.3) is 0 Å². The van der Waals surface area contributed by atoms with Gasteiger partial charge in [0.1, 0.15) is 5.82 Å². The van der Waals surface area contributed by atoms with E-state index in [2.05, 4.69) is 25.8 Å². The lowest BCUT2D eigenvalue weighted by atomic mass is 10.0. The maximum absolute atomic E-state index is 13.6. The van der Waals surface area contributed by atoms with Crippen LogP contribution < -0.4 is 0 Å². The topological polar surface area (TPSA) is 20.7 Å². The summed E-state index contributed by atoms with van der Waals surface area (Å²) in [6.45, 7) is 6.40. The number of aromatic nitrogens is 2. The minimum Gasteiger partial charge on any atom is -0.331 e. The van der Waals surface area contributed by atoms with Crippen LogP contribution >= 0.6 is 23.8 Å². The highest BCUT2D eigenvalue weighted by molar-refractivity contribution is 7.71. The predicted octanol–water partition coefficient (Wildman–Crippen LogP) is 5.10. The third-order valence-corrected chi connectivity index (χ3v) is 4.22. The molecule has 0 fully saturated rings. The quantitative estimate of drug-likeness (QED) is 0.779. The number of hydrogen-bond acceptors (Lipinski definition) is 1. The molecule has 0 spiro atoms. The first kappa shape index (κ1) is 13.6. The molecule has 0 amide bonds. The Labute approximate surface area is 116 Å². The summed E-state index contributed by atoms with van der Waals surface area (Å²) in [4.78, 5) is 3.08. The fourth-order valence-corrected chi connectivity index (χ4v) is 2.66. The van der Waals surface area contributed by atoms with Gasteiger partial charge in [-0.25, -0.2) is 4.39 Å². The highest BCUT2D eigenvalue weighted by atomic mass is 35.5. The normalized spacial score (nSPS) is 14.9. The van der Waals surface area contributed by atoms with E-state index < -0.39 is 5.82 Å². The van der Waals surface area contributed by atoms with Gasteiger partial charge < -0.3 is 9.55 Å². The van der Waals surface area contributed by atoms with Crippen molar-refractivity contribution in [2.45, 2.75) is 33.2 Å². The maximum Gasteiger partial charge on any atom is 0.178 e. The Morgan fingerprint density at radius 2 is 2.11 bits per heavy atom. The lowest BCUT2D eigenvalue weighted by molar-refractivity contribution is 0.374. The van der Waals surface area contributed by atoms with Crippen molar-refractivity contribution in [3.8, 4) is 0 Å². The van der Waals surface area contributed by atoms with Crippen molar-refractivity contribution in [1.29, 1.82) is 0 Å². The van der Waals surface area contributed by atoms with Crippen molar-refractivity contribution >= 4 is 34.9 Å². The molecular weight excluding hydrogens is 271 g/mol. The Balaban J connectivity index is 2.67. The number of imidazole rings is 1. The summed E-state index contributed by atoms with van der Waals surface area (Å²) in [6.07, 6.45) is 1.05. The van der Waals surface area contributed by atoms with Gasteiger partial charge in [-0.15, -0.1) is 0 Å². The molecule has 0 radical (unpaired) electrons. The summed E-state index contributed by atoms with van der Waals surface area (Å²) in [5.41, 5.74) is 1.55. The maximum atomic E-state index is 13.6. The summed E-state index contributed by atoms with van der Waals surface area (Å²) in [5, 5.41) is 0.113. The second kappa shape index (κ2) is 5.02. The molecule has 1 N–H and O–H groups in total. The van der Waals surface area contributed by atoms with Gasteiger partial charge in [-0.1, -0.05) is 31.9 Å². The summed E-state index contributed by atoms with van der Waals surface area (Å²) in [6, 6.07) is 3.25. The van der Waals surface area contributed by atoms with E-state index in [4.69, 9.17) is 23.8 Å². The van der Waals surface area contributed by atoms with Crippen molar-refractivity contribution in [3.63, 3.8) is 0 Å². The Hall–Kier alpha value is -0.870. The average molecular weight is 287 g/mol. The first-order valence-corrected chi connectivity index (χ1v) is 6.83. The fourth-order valence-electron chi connectivity index (χ4n) is 2.12. The van der Waals surface area contributed by atoms with Gasteiger partial charge in [0, 0.05) is 12.1 Å². The van der Waals surface area contributed by atoms with E-state index in [0.717, 1.165) is 17.5 Å². The molecule has 2 rings (SSSR count). The van der Waals surface area contributed by atoms with Crippen LogP contribution in [0, 0.1) is 16.5 Å². The molecule has 2 aromatic rings.